The van der Waals surface area contributed by atoms with E-state index in [1.165, 1.54) is 36.1 Å². The van der Waals surface area contributed by atoms with Crippen LogP contribution in [0.4, 0.5) is 0 Å². The molecule has 0 unspecified atom stereocenters. The molecule has 0 bridgehead atoms. The summed E-state index contributed by atoms with van der Waals surface area (Å²) in [6.45, 7) is 0. The first kappa shape index (κ1) is 18.1. The van der Waals surface area contributed by atoms with Crippen LogP contribution in [0.3, 0.4) is 0 Å². The average molecular weight is 364 g/mol. The fraction of sp³-hybridized carbons (Fsp3) is 0.136. The summed E-state index contributed by atoms with van der Waals surface area (Å²) in [7, 11) is 2.90. The van der Waals surface area contributed by atoms with Crippen molar-refractivity contribution >= 4 is 34.1 Å². The van der Waals surface area contributed by atoms with Crippen LogP contribution in [0, 0.1) is 0 Å². The van der Waals surface area contributed by atoms with Crippen LogP contribution in [-0.4, -0.2) is 20.2 Å². The van der Waals surface area contributed by atoms with E-state index in [4.69, 9.17) is 9.47 Å². The zero-order valence-corrected chi connectivity index (χ0v) is 15.6. The number of rotatable bonds is 6. The van der Waals surface area contributed by atoms with Gasteiger partial charge in [0.1, 0.15) is 5.57 Å². The molecule has 132 valence electrons. The minimum absolute atomic E-state index is 0.407. The summed E-state index contributed by atoms with van der Waals surface area (Å²) in [5, 5.41) is 2.45. The number of ether oxygens (including phenoxy) is 2. The van der Waals surface area contributed by atoms with Crippen LogP contribution in [0.1, 0.15) is 11.1 Å². The highest BCUT2D eigenvalue weighted by Gasteiger charge is 2.16. The van der Waals surface area contributed by atoms with Crippen molar-refractivity contribution < 1.29 is 14.3 Å². The molecule has 0 saturated carbocycles. The number of thioether (sulfide) groups is 1. The van der Waals surface area contributed by atoms with Gasteiger partial charge in [0.15, 0.2) is 0 Å². The second-order valence-corrected chi connectivity index (χ2v) is 6.76. The van der Waals surface area contributed by atoms with Crippen molar-refractivity contribution in [2.24, 2.45) is 0 Å². The van der Waals surface area contributed by atoms with Crippen LogP contribution in [0.25, 0.3) is 16.3 Å². The molecule has 4 heteroatoms. The van der Waals surface area contributed by atoms with E-state index in [9.17, 15) is 4.79 Å². The van der Waals surface area contributed by atoms with Gasteiger partial charge in [-0.1, -0.05) is 54.6 Å². The molecule has 0 spiro atoms. The summed E-state index contributed by atoms with van der Waals surface area (Å²) in [4.78, 5) is 13.3. The van der Waals surface area contributed by atoms with Crippen molar-refractivity contribution in [2.45, 2.75) is 10.6 Å². The van der Waals surface area contributed by atoms with Crippen LogP contribution in [-0.2, 0) is 20.0 Å². The Morgan fingerprint density at radius 2 is 1.69 bits per heavy atom. The van der Waals surface area contributed by atoms with Gasteiger partial charge in [-0.3, -0.25) is 0 Å². The van der Waals surface area contributed by atoms with Crippen molar-refractivity contribution in [3.05, 3.63) is 84.1 Å². The van der Waals surface area contributed by atoms with Gasteiger partial charge in [0, 0.05) is 10.6 Å². The largest absolute Gasteiger partial charge is 0.503 e. The first-order chi connectivity index (χ1) is 12.7. The summed E-state index contributed by atoms with van der Waals surface area (Å²) in [5.74, 6) is 0.335. The van der Waals surface area contributed by atoms with E-state index in [1.807, 2.05) is 36.4 Å². The molecule has 0 aromatic heterocycles. The molecule has 0 heterocycles. The van der Waals surface area contributed by atoms with Crippen LogP contribution < -0.4 is 0 Å². The number of methoxy groups -OCH3 is 2. The van der Waals surface area contributed by atoms with E-state index in [2.05, 4.69) is 30.3 Å². The molecule has 0 N–H and O–H groups in total. The normalized spacial score (nSPS) is 11.4. The third kappa shape index (κ3) is 4.09. The quantitative estimate of drug-likeness (QED) is 0.258. The van der Waals surface area contributed by atoms with Crippen molar-refractivity contribution in [3.8, 4) is 0 Å². The Bertz CT molecular complexity index is 947. The maximum atomic E-state index is 12.1. The van der Waals surface area contributed by atoms with Gasteiger partial charge >= 0.3 is 5.97 Å². The lowest BCUT2D eigenvalue weighted by Gasteiger charge is -2.11. The predicted octanol–water partition coefficient (Wildman–Crippen LogP) is 5.29. The fourth-order valence-electron chi connectivity index (χ4n) is 2.78. The number of hydrogen-bond acceptors (Lipinski definition) is 4. The van der Waals surface area contributed by atoms with Crippen LogP contribution in [0.15, 0.2) is 77.9 Å². The van der Waals surface area contributed by atoms with E-state index in [1.54, 1.807) is 11.8 Å². The number of carbonyl (C=O) groups is 1. The molecule has 3 nitrogen and oxygen atoms in total. The summed E-state index contributed by atoms with van der Waals surface area (Å²) in [6, 6.07) is 22.6. The molecule has 0 atom stereocenters. The molecule has 0 aliphatic carbocycles. The Labute approximate surface area is 157 Å². The maximum Gasteiger partial charge on any atom is 0.341 e. The Morgan fingerprint density at radius 3 is 2.46 bits per heavy atom. The van der Waals surface area contributed by atoms with Crippen LogP contribution in [0.2, 0.25) is 0 Å². The fourth-order valence-corrected chi connectivity index (χ4v) is 3.73. The molecule has 3 rings (SSSR count). The van der Waals surface area contributed by atoms with Crippen LogP contribution in [0.5, 0.6) is 0 Å². The van der Waals surface area contributed by atoms with Gasteiger partial charge in [0.25, 0.3) is 0 Å². The second kappa shape index (κ2) is 8.59. The third-order valence-electron chi connectivity index (χ3n) is 4.06. The molecule has 0 amide bonds. The lowest BCUT2D eigenvalue weighted by atomic mass is 10.0. The van der Waals surface area contributed by atoms with Gasteiger partial charge in [-0.05, 0) is 34.0 Å². The molecular weight excluding hydrogens is 344 g/mol. The Morgan fingerprint density at radius 1 is 0.962 bits per heavy atom. The van der Waals surface area contributed by atoms with Gasteiger partial charge < -0.3 is 9.47 Å². The maximum absolute atomic E-state index is 12.1. The smallest absolute Gasteiger partial charge is 0.341 e. The molecule has 3 aromatic carbocycles. The zero-order chi connectivity index (χ0) is 18.4. The standard InChI is InChI=1S/C22H20O3S/c1-24-14-21(22(23)25-2)20-10-6-5-9-18(20)15-26-19-12-11-16-7-3-4-8-17(16)13-19/h3-14H,15H2,1-2H3/b21-14-. The Kier molecular flexibility index (Phi) is 5.97. The van der Waals surface area contributed by atoms with Crippen molar-refractivity contribution in [2.75, 3.05) is 14.2 Å². The van der Waals surface area contributed by atoms with Gasteiger partial charge in [0.2, 0.25) is 0 Å². The number of fused-ring (bicyclic) bond motifs is 1. The van der Waals surface area contributed by atoms with Gasteiger partial charge in [-0.15, -0.1) is 11.8 Å². The van der Waals surface area contributed by atoms with Gasteiger partial charge in [0.05, 0.1) is 20.5 Å². The SMILES string of the molecule is CO/C=C(\C(=O)OC)c1ccccc1CSc1ccc2ccccc2c1. The Hall–Kier alpha value is -2.72. The summed E-state index contributed by atoms with van der Waals surface area (Å²) in [6.07, 6.45) is 1.44. The van der Waals surface area contributed by atoms with Crippen molar-refractivity contribution in [1.29, 1.82) is 0 Å². The number of carbonyl (C=O) groups excluding carboxylic acids is 1. The lowest BCUT2D eigenvalue weighted by molar-refractivity contribution is -0.133. The number of hydrogen-bond donors (Lipinski definition) is 0. The minimum atomic E-state index is -0.407. The second-order valence-electron chi connectivity index (χ2n) is 5.71. The molecule has 3 aromatic rings. The molecule has 0 radical (unpaired) electrons. The summed E-state index contributed by atoms with van der Waals surface area (Å²) in [5.41, 5.74) is 2.30. The van der Waals surface area contributed by atoms with E-state index < -0.39 is 5.97 Å². The number of esters is 1. The molecular formula is C22H20O3S. The number of benzene rings is 3. The van der Waals surface area contributed by atoms with Gasteiger partial charge in [-0.2, -0.15) is 0 Å². The first-order valence-electron chi connectivity index (χ1n) is 8.24. The highest BCUT2D eigenvalue weighted by Crippen LogP contribution is 2.30. The molecule has 0 aliphatic rings. The van der Waals surface area contributed by atoms with E-state index in [0.717, 1.165) is 16.9 Å². The minimum Gasteiger partial charge on any atom is -0.503 e. The monoisotopic (exact) mass is 364 g/mol. The molecule has 0 fully saturated rings. The van der Waals surface area contributed by atoms with Gasteiger partial charge in [-0.25, -0.2) is 4.79 Å². The first-order valence-corrected chi connectivity index (χ1v) is 9.22. The topological polar surface area (TPSA) is 35.5 Å². The van der Waals surface area contributed by atoms with Crippen molar-refractivity contribution in [3.63, 3.8) is 0 Å². The van der Waals surface area contributed by atoms with Crippen LogP contribution >= 0.6 is 11.8 Å². The highest BCUT2D eigenvalue weighted by molar-refractivity contribution is 7.98. The van der Waals surface area contributed by atoms with E-state index in [-0.39, 0.29) is 0 Å². The summed E-state index contributed by atoms with van der Waals surface area (Å²) < 4.78 is 9.97. The lowest BCUT2D eigenvalue weighted by Crippen LogP contribution is -2.06. The molecule has 0 aliphatic heterocycles. The average Bonchev–Trinajstić information content (AvgIpc) is 2.70. The predicted molar refractivity (Wildman–Crippen MR) is 107 cm³/mol. The van der Waals surface area contributed by atoms with E-state index in [0.29, 0.717) is 5.57 Å². The zero-order valence-electron chi connectivity index (χ0n) is 14.8. The third-order valence-corrected chi connectivity index (χ3v) is 5.11. The molecule has 26 heavy (non-hydrogen) atoms. The summed E-state index contributed by atoms with van der Waals surface area (Å²) >= 11 is 1.74. The van der Waals surface area contributed by atoms with E-state index >= 15 is 0 Å². The van der Waals surface area contributed by atoms with Crippen molar-refractivity contribution in [1.82, 2.24) is 0 Å². The Balaban J connectivity index is 1.85. The molecule has 0 saturated heterocycles. The highest BCUT2D eigenvalue weighted by atomic mass is 32.2.